The van der Waals surface area contributed by atoms with Crippen LogP contribution in [0.4, 0.5) is 0 Å². The van der Waals surface area contributed by atoms with Crippen LogP contribution in [0.3, 0.4) is 0 Å². The third-order valence-electron chi connectivity index (χ3n) is 6.92. The number of aromatic nitrogens is 4. The van der Waals surface area contributed by atoms with Gasteiger partial charge < -0.3 is 19.6 Å². The molecule has 0 radical (unpaired) electrons. The summed E-state index contributed by atoms with van der Waals surface area (Å²) in [4.78, 5) is 10.7. The molecule has 0 aliphatic carbocycles. The second kappa shape index (κ2) is 10.3. The first-order valence-electron chi connectivity index (χ1n) is 13.0. The number of aliphatic hydroxyl groups is 1. The topological polar surface area (TPSA) is 99.3 Å². The van der Waals surface area contributed by atoms with Crippen molar-refractivity contribution in [3.05, 3.63) is 54.0 Å². The first-order chi connectivity index (χ1) is 17.7. The van der Waals surface area contributed by atoms with Crippen molar-refractivity contribution >= 4 is 11.0 Å². The van der Waals surface area contributed by atoms with Gasteiger partial charge in [0.1, 0.15) is 18.0 Å². The van der Waals surface area contributed by atoms with E-state index in [9.17, 15) is 5.11 Å². The molecule has 1 aliphatic rings. The number of hydrogen-bond acceptors (Lipinski definition) is 6. The van der Waals surface area contributed by atoms with Gasteiger partial charge in [-0.15, -0.1) is 0 Å². The van der Waals surface area contributed by atoms with E-state index in [1.807, 2.05) is 38.4 Å². The lowest BCUT2D eigenvalue weighted by Gasteiger charge is -2.35. The molecule has 8 heteroatoms. The SMILES string of the molecule is Cc1c(-c2cn[nH]c2)cnc2[nH]c(-c3ccc(OCCN4CC(C)OC(C)C4)cc3)c(CC(C)(C)O)c12. The minimum absolute atomic E-state index is 0.256. The number of benzene rings is 1. The molecular weight excluding hydrogens is 466 g/mol. The van der Waals surface area contributed by atoms with Crippen LogP contribution in [0.15, 0.2) is 42.9 Å². The Morgan fingerprint density at radius 2 is 1.84 bits per heavy atom. The number of aryl methyl sites for hydroxylation is 1. The van der Waals surface area contributed by atoms with E-state index in [0.717, 1.165) is 69.9 Å². The van der Waals surface area contributed by atoms with Crippen molar-refractivity contribution in [2.45, 2.75) is 58.8 Å². The number of ether oxygens (including phenoxy) is 2. The highest BCUT2D eigenvalue weighted by atomic mass is 16.5. The van der Waals surface area contributed by atoms with Crippen LogP contribution in [0.1, 0.15) is 38.8 Å². The molecular formula is C29H37N5O3. The van der Waals surface area contributed by atoms with Crippen molar-refractivity contribution in [2.75, 3.05) is 26.2 Å². The molecule has 0 amide bonds. The number of H-pyrrole nitrogens is 2. The van der Waals surface area contributed by atoms with Gasteiger partial charge in [0.25, 0.3) is 0 Å². The van der Waals surface area contributed by atoms with Crippen LogP contribution in [0.5, 0.6) is 5.75 Å². The Morgan fingerprint density at radius 3 is 2.49 bits per heavy atom. The fraction of sp³-hybridized carbons (Fsp3) is 0.448. The summed E-state index contributed by atoms with van der Waals surface area (Å²) in [5.41, 5.74) is 6.13. The Balaban J connectivity index is 1.39. The Morgan fingerprint density at radius 1 is 1.11 bits per heavy atom. The monoisotopic (exact) mass is 503 g/mol. The van der Waals surface area contributed by atoms with Gasteiger partial charge in [-0.2, -0.15) is 5.10 Å². The summed E-state index contributed by atoms with van der Waals surface area (Å²) in [7, 11) is 0. The van der Waals surface area contributed by atoms with Gasteiger partial charge in [-0.3, -0.25) is 10.00 Å². The maximum Gasteiger partial charge on any atom is 0.138 e. The van der Waals surface area contributed by atoms with Gasteiger partial charge in [0, 0.05) is 55.0 Å². The van der Waals surface area contributed by atoms with Crippen LogP contribution >= 0.6 is 0 Å². The quantitative estimate of drug-likeness (QED) is 0.322. The van der Waals surface area contributed by atoms with Crippen molar-refractivity contribution in [1.29, 1.82) is 0 Å². The highest BCUT2D eigenvalue weighted by Gasteiger charge is 2.24. The van der Waals surface area contributed by atoms with Crippen molar-refractivity contribution in [2.24, 2.45) is 0 Å². The van der Waals surface area contributed by atoms with Crippen LogP contribution < -0.4 is 4.74 Å². The molecule has 1 aromatic carbocycles. The third-order valence-corrected chi connectivity index (χ3v) is 6.92. The normalized spacial score (nSPS) is 19.0. The lowest BCUT2D eigenvalue weighted by molar-refractivity contribution is -0.0699. The van der Waals surface area contributed by atoms with Crippen LogP contribution in [0.25, 0.3) is 33.4 Å². The molecule has 3 N–H and O–H groups in total. The van der Waals surface area contributed by atoms with E-state index in [1.165, 1.54) is 0 Å². The van der Waals surface area contributed by atoms with E-state index in [2.05, 4.69) is 53.0 Å². The van der Waals surface area contributed by atoms with E-state index in [4.69, 9.17) is 14.5 Å². The predicted molar refractivity (Wildman–Crippen MR) is 146 cm³/mol. The molecule has 1 aliphatic heterocycles. The standard InChI is InChI=1S/C29H37N5O3/c1-18-16-34(17-19(2)37-18)10-11-36-23-8-6-21(7-9-23)27-24(12-29(4,5)35)26-20(3)25(15-30-28(26)33-27)22-13-31-32-14-22/h6-9,13-15,18-19,35H,10-12,16-17H2,1-5H3,(H,30,33)(H,31,32). The summed E-state index contributed by atoms with van der Waals surface area (Å²) in [5.74, 6) is 0.842. The number of rotatable bonds is 8. The average molecular weight is 504 g/mol. The molecule has 8 nitrogen and oxygen atoms in total. The van der Waals surface area contributed by atoms with E-state index >= 15 is 0 Å². The predicted octanol–water partition coefficient (Wildman–Crippen LogP) is 4.73. The first-order valence-corrected chi connectivity index (χ1v) is 13.0. The van der Waals surface area contributed by atoms with Crippen LogP contribution in [0.2, 0.25) is 0 Å². The number of aromatic amines is 2. The van der Waals surface area contributed by atoms with Gasteiger partial charge in [-0.1, -0.05) is 0 Å². The summed E-state index contributed by atoms with van der Waals surface area (Å²) in [5, 5.41) is 18.8. The minimum Gasteiger partial charge on any atom is -0.492 e. The van der Waals surface area contributed by atoms with Crippen molar-refractivity contribution in [3.63, 3.8) is 0 Å². The van der Waals surface area contributed by atoms with Gasteiger partial charge in [0.2, 0.25) is 0 Å². The van der Waals surface area contributed by atoms with E-state index in [1.54, 1.807) is 6.20 Å². The molecule has 196 valence electrons. The van der Waals surface area contributed by atoms with Crippen molar-refractivity contribution < 1.29 is 14.6 Å². The summed E-state index contributed by atoms with van der Waals surface area (Å²) in [6.07, 6.45) is 6.56. The molecule has 1 saturated heterocycles. The molecule has 1 fully saturated rings. The average Bonchev–Trinajstić information content (AvgIpc) is 3.47. The fourth-order valence-electron chi connectivity index (χ4n) is 5.41. The number of morpholine rings is 1. The summed E-state index contributed by atoms with van der Waals surface area (Å²) >= 11 is 0. The molecule has 3 aromatic heterocycles. The lowest BCUT2D eigenvalue weighted by Crippen LogP contribution is -2.46. The van der Waals surface area contributed by atoms with Crippen LogP contribution in [0, 0.1) is 6.92 Å². The van der Waals surface area contributed by atoms with Gasteiger partial charge >= 0.3 is 0 Å². The Bertz CT molecular complexity index is 1330. The summed E-state index contributed by atoms with van der Waals surface area (Å²) in [6, 6.07) is 8.16. The Labute approximate surface area is 218 Å². The second-order valence-corrected chi connectivity index (χ2v) is 10.9. The molecule has 0 bridgehead atoms. The molecule has 2 atom stereocenters. The number of nitrogens with zero attached hydrogens (tertiary/aromatic N) is 3. The molecule has 0 spiro atoms. The second-order valence-electron chi connectivity index (χ2n) is 10.9. The number of pyridine rings is 1. The molecule has 0 saturated carbocycles. The Hall–Kier alpha value is -3.20. The molecule has 5 rings (SSSR count). The minimum atomic E-state index is -0.875. The largest absolute Gasteiger partial charge is 0.492 e. The fourth-order valence-corrected chi connectivity index (χ4v) is 5.41. The number of hydrogen-bond donors (Lipinski definition) is 3. The number of nitrogens with one attached hydrogen (secondary N) is 2. The maximum absolute atomic E-state index is 10.8. The smallest absolute Gasteiger partial charge is 0.138 e. The van der Waals surface area contributed by atoms with Gasteiger partial charge in [0.15, 0.2) is 0 Å². The van der Waals surface area contributed by atoms with Crippen molar-refractivity contribution in [1.82, 2.24) is 25.1 Å². The highest BCUT2D eigenvalue weighted by Crippen LogP contribution is 2.37. The van der Waals surface area contributed by atoms with Crippen LogP contribution in [-0.2, 0) is 11.2 Å². The van der Waals surface area contributed by atoms with Gasteiger partial charge in [-0.05, 0) is 75.6 Å². The molecule has 4 heterocycles. The lowest BCUT2D eigenvalue weighted by atomic mass is 9.92. The molecule has 4 aromatic rings. The Kier molecular flexibility index (Phi) is 7.07. The summed E-state index contributed by atoms with van der Waals surface area (Å²) in [6.45, 7) is 13.4. The van der Waals surface area contributed by atoms with Crippen LogP contribution in [-0.4, -0.2) is 74.2 Å². The molecule has 37 heavy (non-hydrogen) atoms. The van der Waals surface area contributed by atoms with E-state index < -0.39 is 5.60 Å². The highest BCUT2D eigenvalue weighted by molar-refractivity contribution is 5.94. The third kappa shape index (κ3) is 5.71. The van der Waals surface area contributed by atoms with Gasteiger partial charge in [0.05, 0.1) is 29.7 Å². The zero-order chi connectivity index (χ0) is 26.2. The number of fused-ring (bicyclic) bond motifs is 1. The van der Waals surface area contributed by atoms with Crippen molar-refractivity contribution in [3.8, 4) is 28.1 Å². The maximum atomic E-state index is 10.8. The molecule has 2 unspecified atom stereocenters. The zero-order valence-corrected chi connectivity index (χ0v) is 22.3. The first kappa shape index (κ1) is 25.4. The van der Waals surface area contributed by atoms with Gasteiger partial charge in [-0.25, -0.2) is 4.98 Å². The van der Waals surface area contributed by atoms with E-state index in [0.29, 0.717) is 13.0 Å². The zero-order valence-electron chi connectivity index (χ0n) is 22.3. The summed E-state index contributed by atoms with van der Waals surface area (Å²) < 4.78 is 11.9. The van der Waals surface area contributed by atoms with E-state index in [-0.39, 0.29) is 12.2 Å².